The van der Waals surface area contributed by atoms with Crippen molar-refractivity contribution in [1.29, 1.82) is 0 Å². The number of benzene rings is 1. The van der Waals surface area contributed by atoms with Gasteiger partial charge in [-0.1, -0.05) is 6.07 Å². The van der Waals surface area contributed by atoms with Crippen molar-refractivity contribution in [3.8, 4) is 5.75 Å². The third-order valence-corrected chi connectivity index (χ3v) is 2.29. The molecule has 3 heteroatoms. The first kappa shape index (κ1) is 8.51. The SMILES string of the molecule is Cc1cc(F)c2c(c1)[C@H](N)CCO2. The Morgan fingerprint density at radius 1 is 1.54 bits per heavy atom. The summed E-state index contributed by atoms with van der Waals surface area (Å²) in [6.45, 7) is 2.36. The molecule has 0 amide bonds. The quantitative estimate of drug-likeness (QED) is 0.663. The van der Waals surface area contributed by atoms with Gasteiger partial charge in [0.15, 0.2) is 11.6 Å². The van der Waals surface area contributed by atoms with Crippen LogP contribution in [0.25, 0.3) is 0 Å². The number of nitrogens with two attached hydrogens (primary N) is 1. The molecule has 2 N–H and O–H groups in total. The molecule has 2 nitrogen and oxygen atoms in total. The molecule has 1 aliphatic heterocycles. The van der Waals surface area contributed by atoms with Gasteiger partial charge in [0.25, 0.3) is 0 Å². The predicted molar refractivity (Wildman–Crippen MR) is 48.2 cm³/mol. The van der Waals surface area contributed by atoms with Crippen LogP contribution in [0.5, 0.6) is 5.75 Å². The van der Waals surface area contributed by atoms with Crippen molar-refractivity contribution in [2.75, 3.05) is 6.61 Å². The van der Waals surface area contributed by atoms with Crippen molar-refractivity contribution in [2.24, 2.45) is 5.73 Å². The van der Waals surface area contributed by atoms with Crippen LogP contribution in [-0.2, 0) is 0 Å². The lowest BCUT2D eigenvalue weighted by molar-refractivity contribution is 0.255. The minimum Gasteiger partial charge on any atom is -0.490 e. The van der Waals surface area contributed by atoms with Gasteiger partial charge in [-0.3, -0.25) is 0 Å². The molecule has 13 heavy (non-hydrogen) atoms. The molecule has 0 saturated carbocycles. The molecule has 70 valence electrons. The van der Waals surface area contributed by atoms with Gasteiger partial charge in [-0.15, -0.1) is 0 Å². The first-order chi connectivity index (χ1) is 6.18. The normalized spacial score (nSPS) is 20.7. The maximum absolute atomic E-state index is 13.3. The van der Waals surface area contributed by atoms with Crippen LogP contribution < -0.4 is 10.5 Å². The van der Waals surface area contributed by atoms with E-state index in [1.165, 1.54) is 6.07 Å². The zero-order chi connectivity index (χ0) is 9.42. The average molecular weight is 181 g/mol. The van der Waals surface area contributed by atoms with Gasteiger partial charge in [-0.05, 0) is 18.6 Å². The molecule has 0 aliphatic carbocycles. The van der Waals surface area contributed by atoms with Gasteiger partial charge in [-0.25, -0.2) is 4.39 Å². The van der Waals surface area contributed by atoms with E-state index in [2.05, 4.69) is 0 Å². The largest absolute Gasteiger partial charge is 0.490 e. The van der Waals surface area contributed by atoms with E-state index in [0.29, 0.717) is 12.4 Å². The second kappa shape index (κ2) is 3.00. The zero-order valence-corrected chi connectivity index (χ0v) is 7.51. The van der Waals surface area contributed by atoms with E-state index in [9.17, 15) is 4.39 Å². The van der Waals surface area contributed by atoms with E-state index in [1.807, 2.05) is 13.0 Å². The molecule has 0 bridgehead atoms. The van der Waals surface area contributed by atoms with Crippen LogP contribution >= 0.6 is 0 Å². The summed E-state index contributed by atoms with van der Waals surface area (Å²) in [6.07, 6.45) is 0.760. The topological polar surface area (TPSA) is 35.2 Å². The highest BCUT2D eigenvalue weighted by Gasteiger charge is 2.21. The Morgan fingerprint density at radius 3 is 3.08 bits per heavy atom. The van der Waals surface area contributed by atoms with E-state index in [-0.39, 0.29) is 11.9 Å². The van der Waals surface area contributed by atoms with E-state index in [0.717, 1.165) is 17.5 Å². The van der Waals surface area contributed by atoms with E-state index >= 15 is 0 Å². The molecular weight excluding hydrogens is 169 g/mol. The summed E-state index contributed by atoms with van der Waals surface area (Å²) >= 11 is 0. The standard InChI is InChI=1S/C10H12FNO/c1-6-4-7-9(12)2-3-13-10(7)8(11)5-6/h4-5,9H,2-3,12H2,1H3/t9-/m1/s1. The van der Waals surface area contributed by atoms with E-state index in [4.69, 9.17) is 10.5 Å². The Morgan fingerprint density at radius 2 is 2.31 bits per heavy atom. The third-order valence-electron chi connectivity index (χ3n) is 2.29. The van der Waals surface area contributed by atoms with Crippen molar-refractivity contribution >= 4 is 0 Å². The molecule has 0 spiro atoms. The maximum atomic E-state index is 13.3. The summed E-state index contributed by atoms with van der Waals surface area (Å²) in [5.74, 6) is 0.0366. The number of hydrogen-bond acceptors (Lipinski definition) is 2. The molecule has 1 aliphatic rings. The number of rotatable bonds is 0. The fourth-order valence-electron chi connectivity index (χ4n) is 1.63. The number of halogens is 1. The Bertz CT molecular complexity index is 338. The highest BCUT2D eigenvalue weighted by molar-refractivity contribution is 5.41. The lowest BCUT2D eigenvalue weighted by Gasteiger charge is -2.23. The minimum absolute atomic E-state index is 0.0850. The summed E-state index contributed by atoms with van der Waals surface area (Å²) in [4.78, 5) is 0. The summed E-state index contributed by atoms with van der Waals surface area (Å²) in [5, 5.41) is 0. The van der Waals surface area contributed by atoms with Crippen LogP contribution in [0.2, 0.25) is 0 Å². The fraction of sp³-hybridized carbons (Fsp3) is 0.400. The van der Waals surface area contributed by atoms with Crippen molar-refractivity contribution in [3.63, 3.8) is 0 Å². The van der Waals surface area contributed by atoms with Crippen LogP contribution in [-0.4, -0.2) is 6.61 Å². The molecule has 0 radical (unpaired) electrons. The monoisotopic (exact) mass is 181 g/mol. The molecule has 1 aromatic rings. The molecule has 1 atom stereocenters. The molecule has 0 saturated heterocycles. The van der Waals surface area contributed by atoms with Gasteiger partial charge in [0.05, 0.1) is 6.61 Å². The number of ether oxygens (including phenoxy) is 1. The average Bonchev–Trinajstić information content (AvgIpc) is 2.07. The summed E-state index contributed by atoms with van der Waals surface area (Å²) < 4.78 is 18.5. The Labute approximate surface area is 76.5 Å². The molecular formula is C10H12FNO. The fourth-order valence-corrected chi connectivity index (χ4v) is 1.63. The summed E-state index contributed by atoms with van der Waals surface area (Å²) in [6, 6.07) is 3.28. The molecule has 2 rings (SSSR count). The lowest BCUT2D eigenvalue weighted by Crippen LogP contribution is -2.21. The van der Waals surface area contributed by atoms with Crippen molar-refractivity contribution in [3.05, 3.63) is 29.1 Å². The number of fused-ring (bicyclic) bond motifs is 1. The van der Waals surface area contributed by atoms with Crippen LogP contribution in [0.15, 0.2) is 12.1 Å². The van der Waals surface area contributed by atoms with Gasteiger partial charge in [-0.2, -0.15) is 0 Å². The minimum atomic E-state index is -0.301. The first-order valence-electron chi connectivity index (χ1n) is 4.37. The van der Waals surface area contributed by atoms with Crippen LogP contribution in [0.3, 0.4) is 0 Å². The summed E-state index contributed by atoms with van der Waals surface area (Å²) in [7, 11) is 0. The second-order valence-corrected chi connectivity index (χ2v) is 3.41. The van der Waals surface area contributed by atoms with Crippen LogP contribution in [0.1, 0.15) is 23.6 Å². The predicted octanol–water partition coefficient (Wildman–Crippen LogP) is 1.92. The van der Waals surface area contributed by atoms with Gasteiger partial charge >= 0.3 is 0 Å². The first-order valence-corrected chi connectivity index (χ1v) is 4.37. The van der Waals surface area contributed by atoms with E-state index in [1.54, 1.807) is 0 Å². The van der Waals surface area contributed by atoms with Crippen molar-refractivity contribution in [2.45, 2.75) is 19.4 Å². The van der Waals surface area contributed by atoms with E-state index < -0.39 is 0 Å². The van der Waals surface area contributed by atoms with Gasteiger partial charge in [0.2, 0.25) is 0 Å². The van der Waals surface area contributed by atoms with Gasteiger partial charge in [0, 0.05) is 18.0 Å². The lowest BCUT2D eigenvalue weighted by atomic mass is 9.99. The van der Waals surface area contributed by atoms with Gasteiger partial charge in [0.1, 0.15) is 0 Å². The second-order valence-electron chi connectivity index (χ2n) is 3.41. The molecule has 0 aromatic heterocycles. The Hall–Kier alpha value is -1.09. The van der Waals surface area contributed by atoms with Crippen LogP contribution in [0, 0.1) is 12.7 Å². The highest BCUT2D eigenvalue weighted by atomic mass is 19.1. The zero-order valence-electron chi connectivity index (χ0n) is 7.51. The highest BCUT2D eigenvalue weighted by Crippen LogP contribution is 2.33. The molecule has 1 heterocycles. The molecule has 1 aromatic carbocycles. The maximum Gasteiger partial charge on any atom is 0.165 e. The van der Waals surface area contributed by atoms with Gasteiger partial charge < -0.3 is 10.5 Å². The van der Waals surface area contributed by atoms with Crippen molar-refractivity contribution in [1.82, 2.24) is 0 Å². The van der Waals surface area contributed by atoms with Crippen molar-refractivity contribution < 1.29 is 9.13 Å². The summed E-state index contributed by atoms with van der Waals surface area (Å²) in [5.41, 5.74) is 7.52. The third kappa shape index (κ3) is 1.40. The number of hydrogen-bond donors (Lipinski definition) is 1. The number of aryl methyl sites for hydroxylation is 1. The Balaban J connectivity index is 2.56. The Kier molecular flexibility index (Phi) is 1.96. The van der Waals surface area contributed by atoms with Crippen LogP contribution in [0.4, 0.5) is 4.39 Å². The smallest absolute Gasteiger partial charge is 0.165 e. The molecule has 0 unspecified atom stereocenters. The molecule has 0 fully saturated rings.